The zero-order valence-electron chi connectivity index (χ0n) is 14.4. The highest BCUT2D eigenvalue weighted by Gasteiger charge is 2.30. The van der Waals surface area contributed by atoms with Crippen LogP contribution in [0.15, 0.2) is 54.6 Å². The molecule has 138 valence electrons. The highest BCUT2D eigenvalue weighted by Crippen LogP contribution is 2.28. The fraction of sp³-hybridized carbons (Fsp3) is 0.350. The van der Waals surface area contributed by atoms with Gasteiger partial charge in [-0.25, -0.2) is 0 Å². The van der Waals surface area contributed by atoms with Crippen molar-refractivity contribution in [2.24, 2.45) is 0 Å². The van der Waals surface area contributed by atoms with Crippen molar-refractivity contribution in [3.63, 3.8) is 0 Å². The Balaban J connectivity index is 1.48. The maximum atomic E-state index is 12.3. The van der Waals surface area contributed by atoms with Crippen molar-refractivity contribution >= 4 is 5.91 Å². The minimum Gasteiger partial charge on any atom is -0.435 e. The summed E-state index contributed by atoms with van der Waals surface area (Å²) in [5.74, 6) is 0.0681. The number of nitrogens with zero attached hydrogens (tertiary/aromatic N) is 1. The van der Waals surface area contributed by atoms with E-state index in [-0.39, 0.29) is 11.7 Å². The van der Waals surface area contributed by atoms with Crippen molar-refractivity contribution in [1.29, 1.82) is 0 Å². The van der Waals surface area contributed by atoms with E-state index in [9.17, 15) is 13.6 Å². The second-order valence-corrected chi connectivity index (χ2v) is 6.42. The summed E-state index contributed by atoms with van der Waals surface area (Å²) in [5.41, 5.74) is 2.03. The molecule has 6 heteroatoms. The van der Waals surface area contributed by atoms with Gasteiger partial charge >= 0.3 is 6.61 Å². The predicted octanol–water partition coefficient (Wildman–Crippen LogP) is 3.57. The number of rotatable bonds is 9. The summed E-state index contributed by atoms with van der Waals surface area (Å²) in [4.78, 5) is 14.5. The summed E-state index contributed by atoms with van der Waals surface area (Å²) >= 11 is 0. The van der Waals surface area contributed by atoms with Gasteiger partial charge in [-0.2, -0.15) is 8.78 Å². The van der Waals surface area contributed by atoms with E-state index in [0.717, 1.165) is 24.9 Å². The van der Waals surface area contributed by atoms with E-state index in [1.54, 1.807) is 12.1 Å². The average molecular weight is 360 g/mol. The molecule has 0 heterocycles. The number of halogens is 2. The lowest BCUT2D eigenvalue weighted by atomic mass is 10.2. The Kier molecular flexibility index (Phi) is 6.17. The van der Waals surface area contributed by atoms with E-state index in [0.29, 0.717) is 19.1 Å². The molecule has 1 aliphatic rings. The number of alkyl halides is 2. The van der Waals surface area contributed by atoms with Crippen molar-refractivity contribution in [2.45, 2.75) is 38.6 Å². The van der Waals surface area contributed by atoms with Crippen LogP contribution in [-0.4, -0.2) is 30.0 Å². The molecule has 3 rings (SSSR count). The van der Waals surface area contributed by atoms with Crippen LogP contribution in [0.25, 0.3) is 0 Å². The van der Waals surface area contributed by atoms with Crippen molar-refractivity contribution in [1.82, 2.24) is 10.2 Å². The van der Waals surface area contributed by atoms with E-state index in [1.807, 2.05) is 18.2 Å². The molecule has 2 aromatic rings. The number of hydrogen-bond donors (Lipinski definition) is 1. The molecule has 0 bridgehead atoms. The first-order chi connectivity index (χ1) is 12.6. The molecule has 1 N–H and O–H groups in total. The molecule has 0 atom stereocenters. The van der Waals surface area contributed by atoms with E-state index < -0.39 is 6.61 Å². The Morgan fingerprint density at radius 1 is 1.08 bits per heavy atom. The van der Waals surface area contributed by atoms with Gasteiger partial charge in [-0.1, -0.05) is 42.5 Å². The standard InChI is InChI=1S/C20H22F2N2O2/c21-20(22)26-18-10-6-15(7-11-18)12-23-19(25)14-24(17-8-9-17)13-16-4-2-1-3-5-16/h1-7,10-11,17,20H,8-9,12-14H2,(H,23,25). The van der Waals surface area contributed by atoms with Crippen molar-refractivity contribution in [3.8, 4) is 5.75 Å². The zero-order valence-corrected chi connectivity index (χ0v) is 14.4. The Labute approximate surface area is 151 Å². The molecule has 1 aliphatic carbocycles. The molecule has 2 aromatic carbocycles. The number of carbonyl (C=O) groups excluding carboxylic acids is 1. The number of amides is 1. The first-order valence-corrected chi connectivity index (χ1v) is 8.68. The van der Waals surface area contributed by atoms with Gasteiger partial charge in [0.05, 0.1) is 6.54 Å². The van der Waals surface area contributed by atoms with Crippen molar-refractivity contribution in [3.05, 3.63) is 65.7 Å². The largest absolute Gasteiger partial charge is 0.435 e. The molecule has 1 amide bonds. The van der Waals surface area contributed by atoms with Gasteiger partial charge < -0.3 is 10.1 Å². The summed E-state index contributed by atoms with van der Waals surface area (Å²) in [6.07, 6.45) is 2.26. The number of carbonyl (C=O) groups is 1. The SMILES string of the molecule is O=C(CN(Cc1ccccc1)C1CC1)NCc1ccc(OC(F)F)cc1. The third-order valence-electron chi connectivity index (χ3n) is 4.28. The summed E-state index contributed by atoms with van der Waals surface area (Å²) < 4.78 is 28.6. The molecular weight excluding hydrogens is 338 g/mol. The Bertz CT molecular complexity index is 704. The van der Waals surface area contributed by atoms with E-state index in [4.69, 9.17) is 0 Å². The second kappa shape index (κ2) is 8.76. The Hall–Kier alpha value is -2.47. The van der Waals surface area contributed by atoms with Crippen molar-refractivity contribution in [2.75, 3.05) is 6.54 Å². The molecule has 4 nitrogen and oxygen atoms in total. The van der Waals surface area contributed by atoms with E-state index >= 15 is 0 Å². The highest BCUT2D eigenvalue weighted by molar-refractivity contribution is 5.78. The van der Waals surface area contributed by atoms with Gasteiger partial charge in [-0.3, -0.25) is 9.69 Å². The maximum absolute atomic E-state index is 12.3. The summed E-state index contributed by atoms with van der Waals surface area (Å²) in [6, 6.07) is 16.9. The number of ether oxygens (including phenoxy) is 1. The van der Waals surface area contributed by atoms with Gasteiger partial charge in [0, 0.05) is 19.1 Å². The zero-order chi connectivity index (χ0) is 18.4. The molecular formula is C20H22F2N2O2. The molecule has 1 fully saturated rings. The first kappa shape index (κ1) is 18.3. The molecule has 0 aliphatic heterocycles. The fourth-order valence-corrected chi connectivity index (χ4v) is 2.80. The van der Waals surface area contributed by atoms with Crippen molar-refractivity contribution < 1.29 is 18.3 Å². The van der Waals surface area contributed by atoms with Crippen LogP contribution in [0, 0.1) is 0 Å². The topological polar surface area (TPSA) is 41.6 Å². The van der Waals surface area contributed by atoms with Gasteiger partial charge in [0.2, 0.25) is 5.91 Å². The summed E-state index contributed by atoms with van der Waals surface area (Å²) in [7, 11) is 0. The molecule has 0 saturated heterocycles. The van der Waals surface area contributed by atoms with Gasteiger partial charge in [0.15, 0.2) is 0 Å². The van der Waals surface area contributed by atoms with Crippen LogP contribution in [0.2, 0.25) is 0 Å². The smallest absolute Gasteiger partial charge is 0.387 e. The first-order valence-electron chi connectivity index (χ1n) is 8.68. The number of hydrogen-bond acceptors (Lipinski definition) is 3. The number of nitrogens with one attached hydrogen (secondary N) is 1. The average Bonchev–Trinajstić information content (AvgIpc) is 3.46. The lowest BCUT2D eigenvalue weighted by Gasteiger charge is -2.21. The van der Waals surface area contributed by atoms with Gasteiger partial charge in [0.25, 0.3) is 0 Å². The Morgan fingerprint density at radius 2 is 1.77 bits per heavy atom. The van der Waals surface area contributed by atoms with Gasteiger partial charge in [-0.15, -0.1) is 0 Å². The minimum atomic E-state index is -2.83. The van der Waals surface area contributed by atoms with Crippen LogP contribution in [0.3, 0.4) is 0 Å². The molecule has 1 saturated carbocycles. The third kappa shape index (κ3) is 5.81. The van der Waals surface area contributed by atoms with Crippen LogP contribution >= 0.6 is 0 Å². The second-order valence-electron chi connectivity index (χ2n) is 6.42. The van der Waals surface area contributed by atoms with E-state index in [2.05, 4.69) is 27.1 Å². The fourth-order valence-electron chi connectivity index (χ4n) is 2.80. The summed E-state index contributed by atoms with van der Waals surface area (Å²) in [6.45, 7) is -1.36. The monoisotopic (exact) mass is 360 g/mol. The predicted molar refractivity (Wildman–Crippen MR) is 94.8 cm³/mol. The Morgan fingerprint density at radius 3 is 2.38 bits per heavy atom. The molecule has 0 radical (unpaired) electrons. The lowest BCUT2D eigenvalue weighted by Crippen LogP contribution is -2.37. The summed E-state index contributed by atoms with van der Waals surface area (Å²) in [5, 5.41) is 2.89. The minimum absolute atomic E-state index is 0.0410. The molecule has 0 spiro atoms. The molecule has 0 aromatic heterocycles. The van der Waals surface area contributed by atoms with Gasteiger partial charge in [-0.05, 0) is 36.1 Å². The van der Waals surface area contributed by atoms with Gasteiger partial charge in [0.1, 0.15) is 5.75 Å². The van der Waals surface area contributed by atoms with E-state index in [1.165, 1.54) is 17.7 Å². The maximum Gasteiger partial charge on any atom is 0.387 e. The number of benzene rings is 2. The third-order valence-corrected chi connectivity index (χ3v) is 4.28. The molecule has 26 heavy (non-hydrogen) atoms. The normalized spacial score (nSPS) is 13.8. The molecule has 0 unspecified atom stereocenters. The van der Waals surface area contributed by atoms with Crippen LogP contribution in [0.5, 0.6) is 5.75 Å². The van der Waals surface area contributed by atoms with Crippen LogP contribution < -0.4 is 10.1 Å². The van der Waals surface area contributed by atoms with Crippen LogP contribution in [0.1, 0.15) is 24.0 Å². The van der Waals surface area contributed by atoms with Crippen LogP contribution in [0.4, 0.5) is 8.78 Å². The van der Waals surface area contributed by atoms with Crippen LogP contribution in [-0.2, 0) is 17.9 Å². The lowest BCUT2D eigenvalue weighted by molar-refractivity contribution is -0.122. The quantitative estimate of drug-likeness (QED) is 0.743. The highest BCUT2D eigenvalue weighted by atomic mass is 19.3.